The molecule has 5 heteroatoms. The van der Waals surface area contributed by atoms with Gasteiger partial charge in [0.25, 0.3) is 5.91 Å². The highest BCUT2D eigenvalue weighted by molar-refractivity contribution is 7.15. The quantitative estimate of drug-likeness (QED) is 0.531. The van der Waals surface area contributed by atoms with Crippen LogP contribution < -0.4 is 4.74 Å². The summed E-state index contributed by atoms with van der Waals surface area (Å²) < 4.78 is 5.94. The van der Waals surface area contributed by atoms with Gasteiger partial charge >= 0.3 is 0 Å². The first-order valence-corrected chi connectivity index (χ1v) is 9.82. The summed E-state index contributed by atoms with van der Waals surface area (Å²) in [5, 5.41) is 2.20. The number of hydrogen-bond donors (Lipinski definition) is 0. The van der Waals surface area contributed by atoms with E-state index in [9.17, 15) is 9.59 Å². The highest BCUT2D eigenvalue weighted by Crippen LogP contribution is 2.30. The largest absolute Gasteiger partial charge is 0.493 e. The molecule has 0 radical (unpaired) electrons. The van der Waals surface area contributed by atoms with Crippen LogP contribution in [0.25, 0.3) is 10.8 Å². The number of amides is 1. The highest BCUT2D eigenvalue weighted by atomic mass is 32.1. The molecule has 0 aliphatic rings. The van der Waals surface area contributed by atoms with E-state index in [1.165, 1.54) is 18.3 Å². The van der Waals surface area contributed by atoms with Gasteiger partial charge in [-0.1, -0.05) is 37.3 Å². The van der Waals surface area contributed by atoms with Gasteiger partial charge in [-0.3, -0.25) is 9.59 Å². The molecule has 0 saturated carbocycles. The Hall–Kier alpha value is -2.66. The van der Waals surface area contributed by atoms with Crippen molar-refractivity contribution in [3.63, 3.8) is 0 Å². The molecule has 1 amide bonds. The van der Waals surface area contributed by atoms with Crippen molar-refractivity contribution in [2.45, 2.75) is 26.8 Å². The lowest BCUT2D eigenvalue weighted by molar-refractivity contribution is 0.0789. The van der Waals surface area contributed by atoms with Crippen LogP contribution >= 0.6 is 11.3 Å². The van der Waals surface area contributed by atoms with Crippen molar-refractivity contribution < 1.29 is 14.3 Å². The van der Waals surface area contributed by atoms with Crippen LogP contribution in [0, 0.1) is 0 Å². The Bertz CT molecular complexity index is 977. The standard InChI is InChI=1S/C22H23NO3S/c1-4-13-26-19-10-9-16-7-5-6-8-17(16)18(19)14-23(3)22(25)21-12-11-20(27-21)15(2)24/h5-12H,4,13-14H2,1-3H3. The van der Waals surface area contributed by atoms with Crippen LogP contribution in [-0.4, -0.2) is 30.2 Å². The number of fused-ring (bicyclic) bond motifs is 1. The Morgan fingerprint density at radius 2 is 1.78 bits per heavy atom. The Morgan fingerprint density at radius 3 is 2.48 bits per heavy atom. The van der Waals surface area contributed by atoms with E-state index < -0.39 is 0 Å². The maximum atomic E-state index is 12.8. The smallest absolute Gasteiger partial charge is 0.263 e. The molecule has 3 aromatic rings. The van der Waals surface area contributed by atoms with E-state index in [4.69, 9.17) is 4.74 Å². The molecule has 1 heterocycles. The summed E-state index contributed by atoms with van der Waals surface area (Å²) in [5.74, 6) is 0.693. The Labute approximate surface area is 163 Å². The van der Waals surface area contributed by atoms with Crippen LogP contribution in [-0.2, 0) is 6.54 Å². The number of benzene rings is 2. The van der Waals surface area contributed by atoms with E-state index >= 15 is 0 Å². The van der Waals surface area contributed by atoms with Crippen molar-refractivity contribution in [1.29, 1.82) is 0 Å². The molecule has 0 atom stereocenters. The monoisotopic (exact) mass is 381 g/mol. The number of rotatable bonds is 7. The topological polar surface area (TPSA) is 46.6 Å². The molecule has 0 unspecified atom stereocenters. The van der Waals surface area contributed by atoms with Crippen molar-refractivity contribution in [3.8, 4) is 5.75 Å². The average Bonchev–Trinajstić information content (AvgIpc) is 3.17. The number of Topliss-reactive ketones (excluding diaryl/α,β-unsaturated/α-hetero) is 1. The van der Waals surface area contributed by atoms with Gasteiger partial charge in [0.2, 0.25) is 0 Å². The minimum atomic E-state index is -0.0955. The zero-order chi connectivity index (χ0) is 19.4. The lowest BCUT2D eigenvalue weighted by Crippen LogP contribution is -2.25. The van der Waals surface area contributed by atoms with Crippen LogP contribution in [0.2, 0.25) is 0 Å². The molecule has 0 fully saturated rings. The van der Waals surface area contributed by atoms with Gasteiger partial charge in [-0.15, -0.1) is 11.3 Å². The molecule has 3 rings (SSSR count). The third-order valence-electron chi connectivity index (χ3n) is 4.37. The summed E-state index contributed by atoms with van der Waals surface area (Å²) in [6, 6.07) is 15.6. The zero-order valence-electron chi connectivity index (χ0n) is 15.8. The van der Waals surface area contributed by atoms with Crippen LogP contribution in [0.3, 0.4) is 0 Å². The van der Waals surface area contributed by atoms with Gasteiger partial charge in [-0.25, -0.2) is 0 Å². The lowest BCUT2D eigenvalue weighted by Gasteiger charge is -2.20. The molecule has 27 heavy (non-hydrogen) atoms. The summed E-state index contributed by atoms with van der Waals surface area (Å²) in [6.45, 7) is 4.65. The van der Waals surface area contributed by atoms with E-state index in [1.807, 2.05) is 24.3 Å². The van der Waals surface area contributed by atoms with Crippen molar-refractivity contribution in [2.24, 2.45) is 0 Å². The third-order valence-corrected chi connectivity index (χ3v) is 5.54. The minimum Gasteiger partial charge on any atom is -0.493 e. The van der Waals surface area contributed by atoms with Crippen molar-refractivity contribution in [1.82, 2.24) is 4.90 Å². The molecular formula is C22H23NO3S. The number of hydrogen-bond acceptors (Lipinski definition) is 4. The summed E-state index contributed by atoms with van der Waals surface area (Å²) in [7, 11) is 1.78. The highest BCUT2D eigenvalue weighted by Gasteiger charge is 2.18. The third kappa shape index (κ3) is 4.19. The van der Waals surface area contributed by atoms with Gasteiger partial charge in [-0.2, -0.15) is 0 Å². The van der Waals surface area contributed by atoms with Crippen LogP contribution in [0.1, 0.15) is 45.2 Å². The van der Waals surface area contributed by atoms with Gasteiger partial charge < -0.3 is 9.64 Å². The molecule has 0 saturated heterocycles. The second-order valence-corrected chi connectivity index (χ2v) is 7.58. The second-order valence-electron chi connectivity index (χ2n) is 6.49. The number of thiophene rings is 1. The fraction of sp³-hybridized carbons (Fsp3) is 0.273. The molecule has 0 aliphatic carbocycles. The fourth-order valence-electron chi connectivity index (χ4n) is 2.97. The van der Waals surface area contributed by atoms with Gasteiger partial charge in [-0.05, 0) is 42.3 Å². The predicted octanol–water partition coefficient (Wildman–Crippen LogP) is 5.16. The summed E-state index contributed by atoms with van der Waals surface area (Å²) in [4.78, 5) is 27.2. The molecule has 1 aromatic heterocycles. The van der Waals surface area contributed by atoms with E-state index in [0.29, 0.717) is 22.9 Å². The number of carbonyl (C=O) groups is 2. The Kier molecular flexibility index (Phi) is 5.91. The summed E-state index contributed by atoms with van der Waals surface area (Å²) in [6.07, 6.45) is 0.921. The first kappa shape index (κ1) is 19.1. The number of carbonyl (C=O) groups excluding carboxylic acids is 2. The summed E-state index contributed by atoms with van der Waals surface area (Å²) >= 11 is 1.24. The number of ether oxygens (including phenoxy) is 1. The fourth-order valence-corrected chi connectivity index (χ4v) is 3.86. The predicted molar refractivity (Wildman–Crippen MR) is 110 cm³/mol. The molecular weight excluding hydrogens is 358 g/mol. The molecule has 2 aromatic carbocycles. The van der Waals surface area contributed by atoms with Crippen LogP contribution in [0.15, 0.2) is 48.5 Å². The zero-order valence-corrected chi connectivity index (χ0v) is 16.6. The molecule has 140 valence electrons. The van der Waals surface area contributed by atoms with Gasteiger partial charge in [0, 0.05) is 19.2 Å². The second kappa shape index (κ2) is 8.35. The average molecular weight is 381 g/mol. The van der Waals surface area contributed by atoms with Crippen molar-refractivity contribution in [2.75, 3.05) is 13.7 Å². The molecule has 4 nitrogen and oxygen atoms in total. The first-order chi connectivity index (χ1) is 13.0. The van der Waals surface area contributed by atoms with Crippen LogP contribution in [0.5, 0.6) is 5.75 Å². The number of ketones is 1. The van der Waals surface area contributed by atoms with Crippen molar-refractivity contribution >= 4 is 33.8 Å². The SMILES string of the molecule is CCCOc1ccc2ccccc2c1CN(C)C(=O)c1ccc(C(C)=O)s1. The van der Waals surface area contributed by atoms with E-state index in [0.717, 1.165) is 28.5 Å². The number of nitrogens with zero attached hydrogens (tertiary/aromatic N) is 1. The Morgan fingerprint density at radius 1 is 1.04 bits per heavy atom. The lowest BCUT2D eigenvalue weighted by atomic mass is 10.0. The van der Waals surface area contributed by atoms with Crippen LogP contribution in [0.4, 0.5) is 0 Å². The van der Waals surface area contributed by atoms with E-state index in [1.54, 1.807) is 24.1 Å². The normalized spacial score (nSPS) is 10.8. The van der Waals surface area contributed by atoms with Gasteiger partial charge in [0.1, 0.15) is 5.75 Å². The first-order valence-electron chi connectivity index (χ1n) is 9.01. The molecule has 0 spiro atoms. The molecule has 0 bridgehead atoms. The molecule has 0 N–H and O–H groups in total. The maximum Gasteiger partial charge on any atom is 0.263 e. The van der Waals surface area contributed by atoms with Crippen molar-refractivity contribution in [3.05, 3.63) is 63.8 Å². The maximum absolute atomic E-state index is 12.8. The van der Waals surface area contributed by atoms with Gasteiger partial charge in [0.05, 0.1) is 16.4 Å². The van der Waals surface area contributed by atoms with E-state index in [2.05, 4.69) is 19.1 Å². The Balaban J connectivity index is 1.91. The summed E-state index contributed by atoms with van der Waals surface area (Å²) in [5.41, 5.74) is 1.00. The molecule has 0 aliphatic heterocycles. The van der Waals surface area contributed by atoms with Gasteiger partial charge in [0.15, 0.2) is 5.78 Å². The minimum absolute atomic E-state index is 0.0222. The van der Waals surface area contributed by atoms with E-state index in [-0.39, 0.29) is 11.7 Å².